The topological polar surface area (TPSA) is 71.1 Å². The Balaban J connectivity index is 1.91. The van der Waals surface area contributed by atoms with Crippen molar-refractivity contribution in [3.63, 3.8) is 0 Å². The van der Waals surface area contributed by atoms with Crippen LogP contribution in [0.1, 0.15) is 17.3 Å². The van der Waals surface area contributed by atoms with E-state index in [1.165, 1.54) is 6.92 Å². The van der Waals surface area contributed by atoms with Gasteiger partial charge in [-0.15, -0.1) is 0 Å². The summed E-state index contributed by atoms with van der Waals surface area (Å²) in [7, 11) is 0. The van der Waals surface area contributed by atoms with Crippen LogP contribution >= 0.6 is 11.6 Å². The first kappa shape index (κ1) is 16.0. The molecule has 24 heavy (non-hydrogen) atoms. The molecule has 6 heteroatoms. The van der Waals surface area contributed by atoms with Crippen LogP contribution in [-0.2, 0) is 4.79 Å². The zero-order chi connectivity index (χ0) is 17.1. The molecule has 120 valence electrons. The first-order valence-electron chi connectivity index (χ1n) is 7.27. The molecule has 0 spiro atoms. The van der Waals surface area contributed by atoms with Crippen molar-refractivity contribution in [1.82, 2.24) is 4.98 Å². The third-order valence-corrected chi connectivity index (χ3v) is 3.73. The molecule has 0 saturated carbocycles. The lowest BCUT2D eigenvalue weighted by molar-refractivity contribution is -0.114. The van der Waals surface area contributed by atoms with E-state index in [-0.39, 0.29) is 11.8 Å². The highest BCUT2D eigenvalue weighted by Gasteiger charge is 2.13. The van der Waals surface area contributed by atoms with Gasteiger partial charge >= 0.3 is 0 Å². The maximum atomic E-state index is 12.6. The van der Waals surface area contributed by atoms with Gasteiger partial charge in [0, 0.05) is 29.9 Å². The van der Waals surface area contributed by atoms with Crippen LogP contribution in [0.15, 0.2) is 54.7 Å². The summed E-state index contributed by atoms with van der Waals surface area (Å²) < 4.78 is 0. The van der Waals surface area contributed by atoms with Gasteiger partial charge in [0.1, 0.15) is 0 Å². The predicted molar refractivity (Wildman–Crippen MR) is 95.5 cm³/mol. The number of anilines is 2. The summed E-state index contributed by atoms with van der Waals surface area (Å²) in [5.41, 5.74) is 2.16. The minimum atomic E-state index is -0.296. The van der Waals surface area contributed by atoms with Gasteiger partial charge in [-0.3, -0.25) is 14.6 Å². The van der Waals surface area contributed by atoms with Crippen LogP contribution in [0.4, 0.5) is 11.4 Å². The third kappa shape index (κ3) is 3.36. The van der Waals surface area contributed by atoms with Crippen LogP contribution in [0.2, 0.25) is 5.02 Å². The van der Waals surface area contributed by atoms with Crippen LogP contribution < -0.4 is 10.6 Å². The molecule has 0 radical (unpaired) electrons. The van der Waals surface area contributed by atoms with E-state index in [0.29, 0.717) is 27.5 Å². The number of amides is 2. The number of carbonyl (C=O) groups excluding carboxylic acids is 2. The van der Waals surface area contributed by atoms with E-state index in [1.807, 2.05) is 6.07 Å². The van der Waals surface area contributed by atoms with Gasteiger partial charge in [0.15, 0.2) is 0 Å². The van der Waals surface area contributed by atoms with Crippen LogP contribution in [0, 0.1) is 0 Å². The largest absolute Gasteiger partial charge is 0.326 e. The minimum absolute atomic E-state index is 0.175. The number of carbonyl (C=O) groups is 2. The lowest BCUT2D eigenvalue weighted by Gasteiger charge is -2.10. The van der Waals surface area contributed by atoms with Crippen LogP contribution in [0.3, 0.4) is 0 Å². The van der Waals surface area contributed by atoms with E-state index >= 15 is 0 Å². The van der Waals surface area contributed by atoms with Gasteiger partial charge in [-0.2, -0.15) is 0 Å². The molecule has 5 nitrogen and oxygen atoms in total. The van der Waals surface area contributed by atoms with E-state index in [9.17, 15) is 9.59 Å². The summed E-state index contributed by atoms with van der Waals surface area (Å²) in [4.78, 5) is 28.0. The summed E-state index contributed by atoms with van der Waals surface area (Å²) in [6.07, 6.45) is 1.62. The van der Waals surface area contributed by atoms with Gasteiger partial charge in [-0.05, 0) is 42.5 Å². The maximum absolute atomic E-state index is 12.6. The van der Waals surface area contributed by atoms with Gasteiger partial charge < -0.3 is 10.6 Å². The van der Waals surface area contributed by atoms with Crippen molar-refractivity contribution >= 4 is 45.7 Å². The number of hydrogen-bond donors (Lipinski definition) is 2. The molecule has 0 saturated heterocycles. The van der Waals surface area contributed by atoms with Crippen molar-refractivity contribution in [3.05, 3.63) is 65.3 Å². The fourth-order valence-corrected chi connectivity index (χ4v) is 2.61. The molecular formula is C18H14ClN3O2. The summed E-state index contributed by atoms with van der Waals surface area (Å²) in [6.45, 7) is 1.43. The summed E-state index contributed by atoms with van der Waals surface area (Å²) >= 11 is 6.15. The van der Waals surface area contributed by atoms with E-state index in [4.69, 9.17) is 11.6 Å². The molecule has 0 aliphatic carbocycles. The highest BCUT2D eigenvalue weighted by atomic mass is 35.5. The molecule has 0 aliphatic heterocycles. The van der Waals surface area contributed by atoms with Crippen LogP contribution in [0.25, 0.3) is 10.9 Å². The Kier molecular flexibility index (Phi) is 4.44. The third-order valence-electron chi connectivity index (χ3n) is 3.40. The van der Waals surface area contributed by atoms with Crippen molar-refractivity contribution in [1.29, 1.82) is 0 Å². The molecule has 3 aromatic rings. The fraction of sp³-hybridized carbons (Fsp3) is 0.0556. The van der Waals surface area contributed by atoms with E-state index in [2.05, 4.69) is 15.6 Å². The Hall–Kier alpha value is -2.92. The van der Waals surface area contributed by atoms with E-state index in [0.717, 1.165) is 5.39 Å². The molecule has 3 rings (SSSR count). The second-order valence-electron chi connectivity index (χ2n) is 5.21. The average molecular weight is 340 g/mol. The zero-order valence-electron chi connectivity index (χ0n) is 12.8. The van der Waals surface area contributed by atoms with Crippen molar-refractivity contribution < 1.29 is 9.59 Å². The number of hydrogen-bond acceptors (Lipinski definition) is 3. The van der Waals surface area contributed by atoms with E-state index < -0.39 is 0 Å². The summed E-state index contributed by atoms with van der Waals surface area (Å²) in [5.74, 6) is -0.471. The quantitative estimate of drug-likeness (QED) is 0.754. The number of pyridine rings is 1. The highest BCUT2D eigenvalue weighted by Crippen LogP contribution is 2.25. The lowest BCUT2D eigenvalue weighted by Crippen LogP contribution is -2.13. The van der Waals surface area contributed by atoms with Crippen molar-refractivity contribution in [2.75, 3.05) is 10.6 Å². The smallest absolute Gasteiger partial charge is 0.257 e. The van der Waals surface area contributed by atoms with Gasteiger partial charge in [-0.1, -0.05) is 17.7 Å². The van der Waals surface area contributed by atoms with Crippen molar-refractivity contribution in [2.45, 2.75) is 6.92 Å². The van der Waals surface area contributed by atoms with Gasteiger partial charge in [0.05, 0.1) is 16.1 Å². The van der Waals surface area contributed by atoms with Crippen molar-refractivity contribution in [3.8, 4) is 0 Å². The zero-order valence-corrected chi connectivity index (χ0v) is 13.6. The van der Waals surface area contributed by atoms with Gasteiger partial charge in [-0.25, -0.2) is 0 Å². The monoisotopic (exact) mass is 339 g/mol. The molecule has 0 unspecified atom stereocenters. The van der Waals surface area contributed by atoms with Gasteiger partial charge in [0.2, 0.25) is 5.91 Å². The number of halogens is 1. The number of benzene rings is 2. The normalized spacial score (nSPS) is 10.4. The number of nitrogens with one attached hydrogen (secondary N) is 2. The molecular weight excluding hydrogens is 326 g/mol. The lowest BCUT2D eigenvalue weighted by atomic mass is 10.1. The maximum Gasteiger partial charge on any atom is 0.257 e. The molecule has 0 aliphatic rings. The average Bonchev–Trinajstić information content (AvgIpc) is 2.55. The Morgan fingerprint density at radius 3 is 2.50 bits per heavy atom. The van der Waals surface area contributed by atoms with E-state index in [1.54, 1.807) is 48.7 Å². The first-order valence-corrected chi connectivity index (χ1v) is 7.64. The minimum Gasteiger partial charge on any atom is -0.326 e. The molecule has 1 aromatic heterocycles. The number of aromatic nitrogens is 1. The molecule has 2 amide bonds. The first-order chi connectivity index (χ1) is 11.5. The molecule has 0 fully saturated rings. The van der Waals surface area contributed by atoms with Crippen LogP contribution in [-0.4, -0.2) is 16.8 Å². The van der Waals surface area contributed by atoms with Crippen LogP contribution in [0.5, 0.6) is 0 Å². The van der Waals surface area contributed by atoms with Crippen molar-refractivity contribution in [2.24, 2.45) is 0 Å². The molecule has 0 atom stereocenters. The number of rotatable bonds is 3. The Bertz CT molecular complexity index is 940. The fourth-order valence-electron chi connectivity index (χ4n) is 2.40. The Labute approximate surface area is 143 Å². The molecule has 1 heterocycles. The second kappa shape index (κ2) is 6.68. The number of fused-ring (bicyclic) bond motifs is 1. The molecule has 0 bridgehead atoms. The molecule has 2 aromatic carbocycles. The number of nitrogens with zero attached hydrogens (tertiary/aromatic N) is 1. The second-order valence-corrected chi connectivity index (χ2v) is 5.62. The molecule has 2 N–H and O–H groups in total. The summed E-state index contributed by atoms with van der Waals surface area (Å²) in [6, 6.07) is 13.8. The predicted octanol–water partition coefficient (Wildman–Crippen LogP) is 4.10. The Morgan fingerprint density at radius 2 is 1.75 bits per heavy atom. The highest BCUT2D eigenvalue weighted by molar-refractivity contribution is 6.36. The Morgan fingerprint density at radius 1 is 1.00 bits per heavy atom. The standard InChI is InChI=1S/C18H14ClN3O2/c1-11(23)21-12-4-2-5-13(10-12)22-18(24)15-7-8-16(19)14-6-3-9-20-17(14)15/h2-10H,1H3,(H,21,23)(H,22,24). The summed E-state index contributed by atoms with van der Waals surface area (Å²) in [5, 5.41) is 6.75. The van der Waals surface area contributed by atoms with Gasteiger partial charge in [0.25, 0.3) is 5.91 Å². The SMILES string of the molecule is CC(=O)Nc1cccc(NC(=O)c2ccc(Cl)c3cccnc23)c1.